The second-order valence-electron chi connectivity index (χ2n) is 3.97. The Labute approximate surface area is 121 Å². The number of hydrogen-bond donors (Lipinski definition) is 2. The van der Waals surface area contributed by atoms with Crippen LogP contribution in [0, 0.1) is 0 Å². The zero-order valence-electron chi connectivity index (χ0n) is 10.3. The third kappa shape index (κ3) is 1.88. The first-order chi connectivity index (χ1) is 9.61. The number of hydrogen-bond acceptors (Lipinski definition) is 5. The molecule has 0 saturated carbocycles. The molecule has 0 unspecified atom stereocenters. The van der Waals surface area contributed by atoms with Gasteiger partial charge < -0.3 is 19.3 Å². The van der Waals surface area contributed by atoms with Gasteiger partial charge >= 0.3 is 5.97 Å². The number of rotatable bonds is 3. The van der Waals surface area contributed by atoms with Crippen molar-refractivity contribution in [1.82, 2.24) is 10.2 Å². The fraction of sp³-hybridized carbons (Fsp3) is 0.167. The number of nitrogens with zero attached hydrogens (tertiary/aromatic N) is 1. The Morgan fingerprint density at radius 1 is 1.50 bits per heavy atom. The minimum absolute atomic E-state index is 0.0188. The summed E-state index contributed by atoms with van der Waals surface area (Å²) in [6.07, 6.45) is 0. The van der Waals surface area contributed by atoms with Crippen molar-refractivity contribution in [2.45, 2.75) is 0 Å². The highest BCUT2D eigenvalue weighted by Crippen LogP contribution is 2.50. The fourth-order valence-electron chi connectivity index (χ4n) is 1.99. The number of aromatic nitrogens is 2. The first-order valence-corrected chi connectivity index (χ1v) is 6.36. The van der Waals surface area contributed by atoms with Crippen LogP contribution in [0.4, 0.5) is 0 Å². The molecular weight excluding hydrogens is 332 g/mol. The Bertz CT molecular complexity index is 694. The van der Waals surface area contributed by atoms with E-state index < -0.39 is 5.97 Å². The van der Waals surface area contributed by atoms with Gasteiger partial charge in [-0.1, -0.05) is 0 Å². The minimum atomic E-state index is -1.09. The van der Waals surface area contributed by atoms with Crippen LogP contribution < -0.4 is 14.2 Å². The third-order valence-corrected chi connectivity index (χ3v) is 3.43. The standard InChI is InChI=1S/C12H9BrN2O5/c1-18-10-5(13)2-8-11(20-4-19-8)9(10)6-3-7(12(16)17)15-14-6/h2-3H,4H2,1H3,(H,14,15)(H,16,17). The van der Waals surface area contributed by atoms with E-state index in [9.17, 15) is 4.79 Å². The summed E-state index contributed by atoms with van der Waals surface area (Å²) in [6.45, 7) is 0.0954. The molecule has 1 aliphatic rings. The molecule has 0 bridgehead atoms. The number of halogens is 1. The molecule has 7 nitrogen and oxygen atoms in total. The SMILES string of the molecule is COc1c(Br)cc2c(c1-c1cc(C(=O)O)[nH]n1)OCO2. The molecule has 0 atom stereocenters. The maximum absolute atomic E-state index is 10.9. The minimum Gasteiger partial charge on any atom is -0.495 e. The summed E-state index contributed by atoms with van der Waals surface area (Å²) < 4.78 is 16.8. The molecule has 1 aliphatic heterocycles. The second kappa shape index (κ2) is 4.71. The molecule has 0 aliphatic carbocycles. The molecule has 0 fully saturated rings. The lowest BCUT2D eigenvalue weighted by atomic mass is 10.1. The van der Waals surface area contributed by atoms with Gasteiger partial charge in [-0.3, -0.25) is 5.10 Å². The molecule has 0 radical (unpaired) electrons. The molecule has 20 heavy (non-hydrogen) atoms. The number of methoxy groups -OCH3 is 1. The average molecular weight is 341 g/mol. The van der Waals surface area contributed by atoms with E-state index >= 15 is 0 Å². The van der Waals surface area contributed by atoms with Gasteiger partial charge in [-0.15, -0.1) is 0 Å². The molecule has 1 aromatic heterocycles. The first kappa shape index (κ1) is 12.8. The van der Waals surface area contributed by atoms with Crippen molar-refractivity contribution in [3.8, 4) is 28.5 Å². The molecule has 2 N–H and O–H groups in total. The van der Waals surface area contributed by atoms with Gasteiger partial charge in [-0.2, -0.15) is 5.10 Å². The highest BCUT2D eigenvalue weighted by atomic mass is 79.9. The van der Waals surface area contributed by atoms with Gasteiger partial charge in [0.2, 0.25) is 6.79 Å². The number of carboxylic acids is 1. The molecule has 0 saturated heterocycles. The highest BCUT2D eigenvalue weighted by Gasteiger charge is 2.27. The summed E-state index contributed by atoms with van der Waals surface area (Å²) in [5.41, 5.74) is 0.926. The second-order valence-corrected chi connectivity index (χ2v) is 4.83. The zero-order chi connectivity index (χ0) is 14.3. The normalized spacial score (nSPS) is 12.5. The summed E-state index contributed by atoms with van der Waals surface area (Å²) >= 11 is 3.38. The van der Waals surface area contributed by atoms with Gasteiger partial charge in [-0.05, 0) is 22.0 Å². The van der Waals surface area contributed by atoms with Crippen LogP contribution in [0.25, 0.3) is 11.3 Å². The monoisotopic (exact) mass is 340 g/mol. The predicted molar refractivity (Wildman–Crippen MR) is 71.4 cm³/mol. The van der Waals surface area contributed by atoms with Crippen molar-refractivity contribution in [3.63, 3.8) is 0 Å². The number of ether oxygens (including phenoxy) is 3. The van der Waals surface area contributed by atoms with Crippen molar-refractivity contribution >= 4 is 21.9 Å². The van der Waals surface area contributed by atoms with Crippen molar-refractivity contribution in [3.05, 3.63) is 22.3 Å². The third-order valence-electron chi connectivity index (χ3n) is 2.84. The first-order valence-electron chi connectivity index (χ1n) is 5.57. The van der Waals surface area contributed by atoms with Crippen molar-refractivity contribution in [1.29, 1.82) is 0 Å². The lowest BCUT2D eigenvalue weighted by Gasteiger charge is -2.11. The number of carbonyl (C=O) groups is 1. The number of nitrogens with one attached hydrogen (secondary N) is 1. The fourth-order valence-corrected chi connectivity index (χ4v) is 2.55. The zero-order valence-corrected chi connectivity index (χ0v) is 11.9. The summed E-state index contributed by atoms with van der Waals surface area (Å²) in [4.78, 5) is 10.9. The van der Waals surface area contributed by atoms with Crippen molar-refractivity contribution < 1.29 is 24.1 Å². The van der Waals surface area contributed by atoms with Crippen LogP contribution in [0.1, 0.15) is 10.5 Å². The Balaban J connectivity index is 2.23. The van der Waals surface area contributed by atoms with Crippen molar-refractivity contribution in [2.24, 2.45) is 0 Å². The maximum atomic E-state index is 10.9. The average Bonchev–Trinajstić information content (AvgIpc) is 3.05. The lowest BCUT2D eigenvalue weighted by Crippen LogP contribution is -1.95. The van der Waals surface area contributed by atoms with Crippen LogP contribution in [0.15, 0.2) is 16.6 Å². The maximum Gasteiger partial charge on any atom is 0.353 e. The van der Waals surface area contributed by atoms with Gasteiger partial charge in [-0.25, -0.2) is 4.79 Å². The van der Waals surface area contributed by atoms with E-state index in [1.54, 1.807) is 6.07 Å². The molecule has 0 amide bonds. The van der Waals surface area contributed by atoms with Crippen LogP contribution >= 0.6 is 15.9 Å². The molecule has 104 valence electrons. The van der Waals surface area contributed by atoms with E-state index in [4.69, 9.17) is 19.3 Å². The number of benzene rings is 1. The van der Waals surface area contributed by atoms with Gasteiger partial charge in [0, 0.05) is 6.07 Å². The number of H-pyrrole nitrogens is 1. The summed E-state index contributed by atoms with van der Waals surface area (Å²) in [5.74, 6) is 0.435. The molecule has 2 heterocycles. The molecule has 8 heteroatoms. The van der Waals surface area contributed by atoms with E-state index in [-0.39, 0.29) is 12.5 Å². The number of aromatic carboxylic acids is 1. The highest BCUT2D eigenvalue weighted by molar-refractivity contribution is 9.10. The van der Waals surface area contributed by atoms with E-state index in [2.05, 4.69) is 26.1 Å². The molecule has 0 spiro atoms. The van der Waals surface area contributed by atoms with Gasteiger partial charge in [0.25, 0.3) is 0 Å². The van der Waals surface area contributed by atoms with Gasteiger partial charge in [0.05, 0.1) is 17.1 Å². The Kier molecular flexibility index (Phi) is 3.01. The predicted octanol–water partition coefficient (Wildman–Crippen LogP) is 2.27. The molecule has 2 aromatic rings. The molecule has 3 rings (SSSR count). The van der Waals surface area contributed by atoms with Crippen LogP contribution in [-0.2, 0) is 0 Å². The molecular formula is C12H9BrN2O5. The van der Waals surface area contributed by atoms with Crippen LogP contribution in [0.3, 0.4) is 0 Å². The number of carboxylic acid groups (broad SMARTS) is 1. The van der Waals surface area contributed by atoms with Crippen LogP contribution in [-0.4, -0.2) is 35.2 Å². The van der Waals surface area contributed by atoms with Crippen LogP contribution in [0.5, 0.6) is 17.2 Å². The number of fused-ring (bicyclic) bond motifs is 1. The summed E-state index contributed by atoms with van der Waals surface area (Å²) in [5, 5.41) is 15.4. The summed E-state index contributed by atoms with van der Waals surface area (Å²) in [6, 6.07) is 3.14. The van der Waals surface area contributed by atoms with E-state index in [0.29, 0.717) is 33.0 Å². The van der Waals surface area contributed by atoms with E-state index in [1.165, 1.54) is 13.2 Å². The number of aromatic amines is 1. The summed E-state index contributed by atoms with van der Waals surface area (Å²) in [7, 11) is 1.51. The van der Waals surface area contributed by atoms with Gasteiger partial charge in [0.1, 0.15) is 17.1 Å². The smallest absolute Gasteiger partial charge is 0.353 e. The van der Waals surface area contributed by atoms with E-state index in [1.807, 2.05) is 0 Å². The largest absolute Gasteiger partial charge is 0.495 e. The van der Waals surface area contributed by atoms with E-state index in [0.717, 1.165) is 0 Å². The Morgan fingerprint density at radius 3 is 2.95 bits per heavy atom. The van der Waals surface area contributed by atoms with Crippen molar-refractivity contribution in [2.75, 3.05) is 13.9 Å². The van der Waals surface area contributed by atoms with Crippen LogP contribution in [0.2, 0.25) is 0 Å². The molecule has 1 aromatic carbocycles. The Morgan fingerprint density at radius 2 is 2.30 bits per heavy atom. The quantitative estimate of drug-likeness (QED) is 0.890. The van der Waals surface area contributed by atoms with Gasteiger partial charge in [0.15, 0.2) is 11.5 Å². The lowest BCUT2D eigenvalue weighted by molar-refractivity contribution is 0.0690. The topological polar surface area (TPSA) is 93.7 Å². The Hall–Kier alpha value is -2.22.